The molecule has 0 aromatic heterocycles. The number of fused-ring (bicyclic) bond motifs is 1. The third-order valence-corrected chi connectivity index (χ3v) is 2.35. The van der Waals surface area contributed by atoms with Crippen molar-refractivity contribution in [2.75, 3.05) is 5.32 Å². The number of carbonyl (C=O) groups excluding carboxylic acids is 1. The number of carboxylic acid groups (broad SMARTS) is 1. The molecule has 1 amide bonds. The van der Waals surface area contributed by atoms with Crippen molar-refractivity contribution in [3.63, 3.8) is 0 Å². The molecule has 0 bridgehead atoms. The van der Waals surface area contributed by atoms with Crippen LogP contribution < -0.4 is 5.32 Å². The molecule has 1 atom stereocenters. The number of amides is 1. The SMILES string of the molecule is O=C1Cc2c(cccc2C(O)C(=O)O)N1. The summed E-state index contributed by atoms with van der Waals surface area (Å²) in [5.74, 6) is -1.50. The maximum absolute atomic E-state index is 11.1. The topological polar surface area (TPSA) is 86.6 Å². The van der Waals surface area contributed by atoms with Crippen molar-refractivity contribution in [1.29, 1.82) is 0 Å². The van der Waals surface area contributed by atoms with E-state index in [4.69, 9.17) is 5.11 Å². The predicted molar refractivity (Wildman–Crippen MR) is 51.4 cm³/mol. The zero-order valence-corrected chi connectivity index (χ0v) is 7.73. The number of nitrogens with one attached hydrogen (secondary N) is 1. The zero-order valence-electron chi connectivity index (χ0n) is 7.73. The maximum atomic E-state index is 11.1. The van der Waals surface area contributed by atoms with E-state index in [2.05, 4.69) is 5.32 Å². The fourth-order valence-electron chi connectivity index (χ4n) is 1.66. The Labute approximate surface area is 85.3 Å². The summed E-state index contributed by atoms with van der Waals surface area (Å²) < 4.78 is 0. The fourth-order valence-corrected chi connectivity index (χ4v) is 1.66. The normalized spacial score (nSPS) is 15.7. The van der Waals surface area contributed by atoms with E-state index in [9.17, 15) is 14.7 Å². The lowest BCUT2D eigenvalue weighted by Crippen LogP contribution is -2.12. The molecule has 78 valence electrons. The summed E-state index contributed by atoms with van der Waals surface area (Å²) in [5.41, 5.74) is 1.42. The van der Waals surface area contributed by atoms with Crippen molar-refractivity contribution in [3.05, 3.63) is 29.3 Å². The standard InChI is InChI=1S/C10H9NO4/c12-8-4-6-5(9(13)10(14)15)2-1-3-7(6)11-8/h1-3,9,13H,4H2,(H,11,12)(H,14,15). The van der Waals surface area contributed by atoms with Crippen molar-refractivity contribution in [2.24, 2.45) is 0 Å². The number of rotatable bonds is 2. The molecule has 3 N–H and O–H groups in total. The molecule has 5 heteroatoms. The summed E-state index contributed by atoms with van der Waals surface area (Å²) in [5, 5.41) is 20.7. The maximum Gasteiger partial charge on any atom is 0.337 e. The highest BCUT2D eigenvalue weighted by atomic mass is 16.4. The van der Waals surface area contributed by atoms with Crippen LogP contribution in [-0.2, 0) is 16.0 Å². The van der Waals surface area contributed by atoms with Crippen molar-refractivity contribution in [1.82, 2.24) is 0 Å². The van der Waals surface area contributed by atoms with Crippen molar-refractivity contribution >= 4 is 17.6 Å². The van der Waals surface area contributed by atoms with Gasteiger partial charge in [0, 0.05) is 5.69 Å². The molecule has 0 saturated heterocycles. The Bertz CT molecular complexity index is 441. The van der Waals surface area contributed by atoms with Gasteiger partial charge in [-0.2, -0.15) is 0 Å². The zero-order chi connectivity index (χ0) is 11.0. The van der Waals surface area contributed by atoms with Crippen LogP contribution in [-0.4, -0.2) is 22.1 Å². The molecule has 0 spiro atoms. The molecule has 1 aliphatic heterocycles. The molecule has 0 fully saturated rings. The first kappa shape index (κ1) is 9.67. The number of aliphatic carboxylic acids is 1. The first-order valence-electron chi connectivity index (χ1n) is 4.42. The Morgan fingerprint density at radius 3 is 2.87 bits per heavy atom. The monoisotopic (exact) mass is 207 g/mol. The highest BCUT2D eigenvalue weighted by molar-refractivity contribution is 6.00. The van der Waals surface area contributed by atoms with Crippen molar-refractivity contribution in [3.8, 4) is 0 Å². The molecular formula is C10H9NO4. The second kappa shape index (κ2) is 3.36. The van der Waals surface area contributed by atoms with Gasteiger partial charge in [0.15, 0.2) is 6.10 Å². The van der Waals surface area contributed by atoms with Gasteiger partial charge in [-0.25, -0.2) is 4.79 Å². The van der Waals surface area contributed by atoms with Gasteiger partial charge in [0.2, 0.25) is 5.91 Å². The molecule has 15 heavy (non-hydrogen) atoms. The fraction of sp³-hybridized carbons (Fsp3) is 0.200. The number of anilines is 1. The van der Waals surface area contributed by atoms with Crippen LogP contribution in [0.4, 0.5) is 5.69 Å². The van der Waals surface area contributed by atoms with Crippen LogP contribution in [0.2, 0.25) is 0 Å². The lowest BCUT2D eigenvalue weighted by Gasteiger charge is -2.09. The van der Waals surface area contributed by atoms with E-state index >= 15 is 0 Å². The van der Waals surface area contributed by atoms with Crippen LogP contribution in [0.5, 0.6) is 0 Å². The van der Waals surface area contributed by atoms with Crippen LogP contribution >= 0.6 is 0 Å². The Kier molecular flexibility index (Phi) is 2.17. The van der Waals surface area contributed by atoms with Gasteiger partial charge in [-0.15, -0.1) is 0 Å². The number of hydrogen-bond donors (Lipinski definition) is 3. The lowest BCUT2D eigenvalue weighted by molar-refractivity contribution is -0.147. The number of benzene rings is 1. The number of carboxylic acids is 1. The number of aliphatic hydroxyl groups is 1. The first-order chi connectivity index (χ1) is 7.09. The third kappa shape index (κ3) is 1.57. The van der Waals surface area contributed by atoms with Crippen LogP contribution in [0, 0.1) is 0 Å². The Morgan fingerprint density at radius 1 is 1.47 bits per heavy atom. The highest BCUT2D eigenvalue weighted by Gasteiger charge is 2.26. The van der Waals surface area contributed by atoms with Gasteiger partial charge in [-0.1, -0.05) is 12.1 Å². The van der Waals surface area contributed by atoms with Crippen LogP contribution in [0.3, 0.4) is 0 Å². The van der Waals surface area contributed by atoms with Gasteiger partial charge in [-0.05, 0) is 17.2 Å². The van der Waals surface area contributed by atoms with E-state index in [1.807, 2.05) is 0 Å². The van der Waals surface area contributed by atoms with Crippen molar-refractivity contribution in [2.45, 2.75) is 12.5 Å². The van der Waals surface area contributed by atoms with Gasteiger partial charge in [0.25, 0.3) is 0 Å². The molecule has 1 aliphatic rings. The highest BCUT2D eigenvalue weighted by Crippen LogP contribution is 2.29. The van der Waals surface area contributed by atoms with E-state index in [-0.39, 0.29) is 17.9 Å². The van der Waals surface area contributed by atoms with Gasteiger partial charge in [0.1, 0.15) is 0 Å². The minimum Gasteiger partial charge on any atom is -0.479 e. The average Bonchev–Trinajstić information content (AvgIpc) is 2.56. The summed E-state index contributed by atoms with van der Waals surface area (Å²) in [6.45, 7) is 0. The molecule has 1 heterocycles. The van der Waals surface area contributed by atoms with Crippen LogP contribution in [0.1, 0.15) is 17.2 Å². The summed E-state index contributed by atoms with van der Waals surface area (Å²) in [4.78, 5) is 21.7. The van der Waals surface area contributed by atoms with Crippen LogP contribution in [0.15, 0.2) is 18.2 Å². The quantitative estimate of drug-likeness (QED) is 0.650. The second-order valence-corrected chi connectivity index (χ2v) is 3.34. The minimum atomic E-state index is -1.58. The smallest absolute Gasteiger partial charge is 0.337 e. The van der Waals surface area contributed by atoms with Gasteiger partial charge in [-0.3, -0.25) is 4.79 Å². The number of hydrogen-bond acceptors (Lipinski definition) is 3. The van der Waals surface area contributed by atoms with E-state index in [0.29, 0.717) is 11.3 Å². The molecule has 5 nitrogen and oxygen atoms in total. The molecule has 0 saturated carbocycles. The van der Waals surface area contributed by atoms with E-state index in [1.165, 1.54) is 6.07 Å². The summed E-state index contributed by atoms with van der Waals surface area (Å²) >= 11 is 0. The molecular weight excluding hydrogens is 198 g/mol. The molecule has 1 unspecified atom stereocenters. The van der Waals surface area contributed by atoms with Gasteiger partial charge < -0.3 is 15.5 Å². The summed E-state index contributed by atoms with van der Waals surface area (Å²) in [6, 6.07) is 4.79. The largest absolute Gasteiger partial charge is 0.479 e. The Balaban J connectivity index is 2.47. The molecule has 1 aromatic rings. The molecule has 2 rings (SSSR count). The number of aliphatic hydroxyl groups excluding tert-OH is 1. The Morgan fingerprint density at radius 2 is 2.20 bits per heavy atom. The second-order valence-electron chi connectivity index (χ2n) is 3.34. The first-order valence-corrected chi connectivity index (χ1v) is 4.42. The van der Waals surface area contributed by atoms with E-state index in [1.54, 1.807) is 12.1 Å². The number of carbonyl (C=O) groups is 2. The third-order valence-electron chi connectivity index (χ3n) is 2.35. The minimum absolute atomic E-state index is 0.121. The summed E-state index contributed by atoms with van der Waals surface area (Å²) in [6.07, 6.45) is -1.46. The van der Waals surface area contributed by atoms with Crippen molar-refractivity contribution < 1.29 is 19.8 Å². The van der Waals surface area contributed by atoms with Gasteiger partial charge in [0.05, 0.1) is 6.42 Å². The molecule has 0 aliphatic carbocycles. The van der Waals surface area contributed by atoms with Gasteiger partial charge >= 0.3 is 5.97 Å². The van der Waals surface area contributed by atoms with E-state index in [0.717, 1.165) is 0 Å². The van der Waals surface area contributed by atoms with Crippen LogP contribution in [0.25, 0.3) is 0 Å². The lowest BCUT2D eigenvalue weighted by atomic mass is 10.0. The predicted octanol–water partition coefficient (Wildman–Crippen LogP) is 0.299. The average molecular weight is 207 g/mol. The van der Waals surface area contributed by atoms with E-state index < -0.39 is 12.1 Å². The Hall–Kier alpha value is -1.88. The molecule has 0 radical (unpaired) electrons. The molecule has 1 aromatic carbocycles. The summed E-state index contributed by atoms with van der Waals surface area (Å²) in [7, 11) is 0.